The summed E-state index contributed by atoms with van der Waals surface area (Å²) in [4.78, 5) is 3.35. The Labute approximate surface area is 130 Å². The monoisotopic (exact) mass is 319 g/mol. The molecule has 3 nitrogen and oxygen atoms in total. The normalized spacial score (nSPS) is 12.7. The van der Waals surface area contributed by atoms with E-state index in [-0.39, 0.29) is 5.75 Å². The maximum Gasteiger partial charge on any atom is 0.157 e. The molecule has 21 heavy (non-hydrogen) atoms. The summed E-state index contributed by atoms with van der Waals surface area (Å²) in [5, 5.41) is 1.75. The molecule has 0 saturated carbocycles. The molecule has 0 saturated heterocycles. The number of nitrogens with one attached hydrogen (secondary N) is 1. The molecule has 3 aromatic rings. The fourth-order valence-electron chi connectivity index (χ4n) is 2.59. The third-order valence-corrected chi connectivity index (χ3v) is 4.31. The van der Waals surface area contributed by atoms with Crippen molar-refractivity contribution in [1.82, 2.24) is 4.98 Å². The minimum absolute atomic E-state index is 0.139. The molecule has 0 fully saturated rings. The number of halogens is 1. The first kappa shape index (κ1) is 14.3. The number of fused-ring (bicyclic) bond motifs is 1. The second-order valence-electron chi connectivity index (χ2n) is 4.98. The van der Waals surface area contributed by atoms with Crippen LogP contribution in [-0.2, 0) is 16.8 Å². The SMILES string of the molecule is Cc1[nH]c2ccc(CS(=O)O)cc2c1-c1ccc(Cl)cc1. The standard InChI is InChI=1S/C16H14ClNO2S/c1-10-16(12-3-5-13(17)6-4-12)14-8-11(9-21(19)20)2-7-15(14)18-10/h2-8,18H,9H2,1H3,(H,19,20). The zero-order valence-corrected chi connectivity index (χ0v) is 13.0. The summed E-state index contributed by atoms with van der Waals surface area (Å²) >= 11 is 4.11. The van der Waals surface area contributed by atoms with Crippen molar-refractivity contribution < 1.29 is 8.76 Å². The number of H-pyrrole nitrogens is 1. The lowest BCUT2D eigenvalue weighted by Gasteiger charge is -2.04. The smallest absolute Gasteiger partial charge is 0.157 e. The van der Waals surface area contributed by atoms with E-state index in [2.05, 4.69) is 4.98 Å². The predicted molar refractivity (Wildman–Crippen MR) is 88.0 cm³/mol. The van der Waals surface area contributed by atoms with Crippen LogP contribution in [0.2, 0.25) is 5.02 Å². The molecule has 1 heterocycles. The van der Waals surface area contributed by atoms with Crippen molar-refractivity contribution in [3.05, 3.63) is 58.7 Å². The lowest BCUT2D eigenvalue weighted by atomic mass is 10.0. The van der Waals surface area contributed by atoms with Crippen LogP contribution in [0.3, 0.4) is 0 Å². The van der Waals surface area contributed by atoms with Gasteiger partial charge < -0.3 is 9.54 Å². The summed E-state index contributed by atoms with van der Waals surface area (Å²) in [5.74, 6) is 0.139. The molecule has 0 amide bonds. The first-order chi connectivity index (χ1) is 10.0. The second-order valence-corrected chi connectivity index (χ2v) is 6.35. The van der Waals surface area contributed by atoms with Gasteiger partial charge in [-0.2, -0.15) is 0 Å². The Kier molecular flexibility index (Phi) is 3.85. The summed E-state index contributed by atoms with van der Waals surface area (Å²) < 4.78 is 20.0. The minimum Gasteiger partial charge on any atom is -0.358 e. The molecule has 0 spiro atoms. The Hall–Kier alpha value is -1.62. The van der Waals surface area contributed by atoms with E-state index in [1.807, 2.05) is 49.4 Å². The number of aromatic amines is 1. The fraction of sp³-hybridized carbons (Fsp3) is 0.125. The lowest BCUT2D eigenvalue weighted by molar-refractivity contribution is 0.563. The van der Waals surface area contributed by atoms with Gasteiger partial charge in [-0.05, 0) is 42.3 Å². The number of rotatable bonds is 3. The first-order valence-electron chi connectivity index (χ1n) is 6.49. The average Bonchev–Trinajstić information content (AvgIpc) is 2.75. The Balaban J connectivity index is 2.18. The summed E-state index contributed by atoms with van der Waals surface area (Å²) in [6.45, 7) is 2.02. The van der Waals surface area contributed by atoms with Crippen LogP contribution in [-0.4, -0.2) is 13.7 Å². The summed E-state index contributed by atoms with van der Waals surface area (Å²) in [7, 11) is 0. The van der Waals surface area contributed by atoms with Crippen LogP contribution in [0, 0.1) is 6.92 Å². The number of aromatic nitrogens is 1. The molecule has 0 aliphatic rings. The van der Waals surface area contributed by atoms with E-state index in [9.17, 15) is 4.21 Å². The van der Waals surface area contributed by atoms with Gasteiger partial charge in [-0.3, -0.25) is 0 Å². The molecule has 2 aromatic carbocycles. The molecule has 0 aliphatic heterocycles. The number of benzene rings is 2. The van der Waals surface area contributed by atoms with Crippen LogP contribution in [0.4, 0.5) is 0 Å². The van der Waals surface area contributed by atoms with Gasteiger partial charge in [-0.1, -0.05) is 29.8 Å². The van der Waals surface area contributed by atoms with Crippen molar-refractivity contribution in [3.63, 3.8) is 0 Å². The van der Waals surface area contributed by atoms with Crippen LogP contribution in [0.15, 0.2) is 42.5 Å². The molecule has 5 heteroatoms. The largest absolute Gasteiger partial charge is 0.358 e. The van der Waals surface area contributed by atoms with E-state index in [0.29, 0.717) is 5.02 Å². The van der Waals surface area contributed by atoms with Gasteiger partial charge in [0.05, 0.1) is 5.75 Å². The van der Waals surface area contributed by atoms with Crippen LogP contribution in [0.5, 0.6) is 0 Å². The Morgan fingerprint density at radius 2 is 1.90 bits per heavy atom. The van der Waals surface area contributed by atoms with Crippen LogP contribution in [0.1, 0.15) is 11.3 Å². The molecule has 0 radical (unpaired) electrons. The van der Waals surface area contributed by atoms with E-state index in [1.165, 1.54) is 0 Å². The van der Waals surface area contributed by atoms with Gasteiger partial charge in [0.15, 0.2) is 11.1 Å². The van der Waals surface area contributed by atoms with Crippen molar-refractivity contribution >= 4 is 33.6 Å². The average molecular weight is 320 g/mol. The molecule has 1 atom stereocenters. The van der Waals surface area contributed by atoms with E-state index < -0.39 is 11.1 Å². The third kappa shape index (κ3) is 2.88. The fourth-order valence-corrected chi connectivity index (χ4v) is 3.19. The summed E-state index contributed by atoms with van der Waals surface area (Å²) in [5.41, 5.74) is 5.11. The molecule has 1 unspecified atom stereocenters. The Bertz CT molecular complexity index is 824. The summed E-state index contributed by atoms with van der Waals surface area (Å²) in [6.07, 6.45) is 0. The highest BCUT2D eigenvalue weighted by Crippen LogP contribution is 2.33. The van der Waals surface area contributed by atoms with Crippen molar-refractivity contribution in [2.24, 2.45) is 0 Å². The van der Waals surface area contributed by atoms with Gasteiger partial charge in [-0.25, -0.2) is 4.21 Å². The van der Waals surface area contributed by atoms with E-state index in [0.717, 1.165) is 33.3 Å². The van der Waals surface area contributed by atoms with E-state index in [4.69, 9.17) is 16.2 Å². The van der Waals surface area contributed by atoms with E-state index in [1.54, 1.807) is 0 Å². The molecule has 108 valence electrons. The first-order valence-corrected chi connectivity index (χ1v) is 8.14. The molecule has 3 rings (SSSR count). The quantitative estimate of drug-likeness (QED) is 0.697. The minimum atomic E-state index is -1.83. The highest BCUT2D eigenvalue weighted by atomic mass is 35.5. The van der Waals surface area contributed by atoms with Crippen molar-refractivity contribution in [3.8, 4) is 11.1 Å². The molecule has 0 bridgehead atoms. The Morgan fingerprint density at radius 3 is 2.57 bits per heavy atom. The lowest BCUT2D eigenvalue weighted by Crippen LogP contribution is -1.92. The number of hydrogen-bond donors (Lipinski definition) is 2. The van der Waals surface area contributed by atoms with Gasteiger partial charge in [0.2, 0.25) is 0 Å². The van der Waals surface area contributed by atoms with Crippen molar-refractivity contribution in [2.45, 2.75) is 12.7 Å². The zero-order chi connectivity index (χ0) is 15.0. The highest BCUT2D eigenvalue weighted by molar-refractivity contribution is 7.78. The second kappa shape index (κ2) is 5.64. The number of aryl methyl sites for hydroxylation is 1. The topological polar surface area (TPSA) is 53.1 Å². The van der Waals surface area contributed by atoms with Gasteiger partial charge in [-0.15, -0.1) is 0 Å². The number of hydrogen-bond acceptors (Lipinski definition) is 1. The highest BCUT2D eigenvalue weighted by Gasteiger charge is 2.11. The molecule has 0 aliphatic carbocycles. The molecular formula is C16H14ClNO2S. The van der Waals surface area contributed by atoms with Crippen molar-refractivity contribution in [2.75, 3.05) is 0 Å². The van der Waals surface area contributed by atoms with Gasteiger partial charge in [0, 0.05) is 27.2 Å². The maximum atomic E-state index is 11.0. The molecule has 2 N–H and O–H groups in total. The zero-order valence-electron chi connectivity index (χ0n) is 11.4. The van der Waals surface area contributed by atoms with Crippen LogP contribution in [0.25, 0.3) is 22.0 Å². The van der Waals surface area contributed by atoms with Crippen LogP contribution < -0.4 is 0 Å². The van der Waals surface area contributed by atoms with Crippen LogP contribution >= 0.6 is 11.6 Å². The third-order valence-electron chi connectivity index (χ3n) is 3.47. The van der Waals surface area contributed by atoms with E-state index >= 15 is 0 Å². The summed E-state index contributed by atoms with van der Waals surface area (Å²) in [6, 6.07) is 13.5. The molecular weight excluding hydrogens is 306 g/mol. The van der Waals surface area contributed by atoms with Gasteiger partial charge >= 0.3 is 0 Å². The predicted octanol–water partition coefficient (Wildman–Crippen LogP) is 4.52. The Morgan fingerprint density at radius 1 is 1.19 bits per heavy atom. The van der Waals surface area contributed by atoms with Crippen molar-refractivity contribution in [1.29, 1.82) is 0 Å². The molecule has 1 aromatic heterocycles. The maximum absolute atomic E-state index is 11.0. The van der Waals surface area contributed by atoms with Gasteiger partial charge in [0.1, 0.15) is 0 Å². The van der Waals surface area contributed by atoms with Gasteiger partial charge in [0.25, 0.3) is 0 Å².